The van der Waals surface area contributed by atoms with Gasteiger partial charge >= 0.3 is 0 Å². The number of carbonyl (C=O) groups excluding carboxylic acids is 1. The zero-order valence-electron chi connectivity index (χ0n) is 10.4. The molecule has 0 fully saturated rings. The standard InChI is InChI=1S/C11H20N4O/c1-5-15-8-9(13-14-15)6-7-12-10(16)11(2,3)4/h8H,5-7H2,1-4H3,(H,12,16). The normalized spacial score (nSPS) is 11.5. The Hall–Kier alpha value is -1.39. The zero-order chi connectivity index (χ0) is 12.2. The lowest BCUT2D eigenvalue weighted by Crippen LogP contribution is -2.35. The van der Waals surface area contributed by atoms with E-state index in [2.05, 4.69) is 15.6 Å². The minimum absolute atomic E-state index is 0.0652. The molecule has 1 aromatic heterocycles. The van der Waals surface area contributed by atoms with Gasteiger partial charge in [-0.3, -0.25) is 9.48 Å². The van der Waals surface area contributed by atoms with Gasteiger partial charge in [0.15, 0.2) is 0 Å². The number of nitrogens with one attached hydrogen (secondary N) is 1. The van der Waals surface area contributed by atoms with E-state index in [4.69, 9.17) is 0 Å². The second kappa shape index (κ2) is 5.09. The fourth-order valence-electron chi connectivity index (χ4n) is 1.18. The highest BCUT2D eigenvalue weighted by molar-refractivity contribution is 5.81. The van der Waals surface area contributed by atoms with Crippen LogP contribution in [0.1, 0.15) is 33.4 Å². The van der Waals surface area contributed by atoms with Crippen molar-refractivity contribution in [3.05, 3.63) is 11.9 Å². The minimum atomic E-state index is -0.332. The van der Waals surface area contributed by atoms with Gasteiger partial charge in [0.2, 0.25) is 5.91 Å². The lowest BCUT2D eigenvalue weighted by molar-refractivity contribution is -0.128. The largest absolute Gasteiger partial charge is 0.355 e. The number of aromatic nitrogens is 3. The van der Waals surface area contributed by atoms with Crippen LogP contribution in [0.5, 0.6) is 0 Å². The smallest absolute Gasteiger partial charge is 0.225 e. The Morgan fingerprint density at radius 3 is 2.69 bits per heavy atom. The average Bonchev–Trinajstić information content (AvgIpc) is 2.64. The molecule has 1 aromatic rings. The first-order valence-corrected chi connectivity index (χ1v) is 5.61. The minimum Gasteiger partial charge on any atom is -0.355 e. The van der Waals surface area contributed by atoms with Crippen molar-refractivity contribution in [2.75, 3.05) is 6.54 Å². The molecule has 5 heteroatoms. The topological polar surface area (TPSA) is 59.8 Å². The number of aryl methyl sites for hydroxylation is 1. The van der Waals surface area contributed by atoms with Crippen LogP contribution >= 0.6 is 0 Å². The molecule has 1 amide bonds. The predicted octanol–water partition coefficient (Wildman–Crippen LogP) is 1.00. The van der Waals surface area contributed by atoms with Crippen molar-refractivity contribution in [1.82, 2.24) is 20.3 Å². The van der Waals surface area contributed by atoms with Crippen LogP contribution in [0, 0.1) is 5.41 Å². The summed E-state index contributed by atoms with van der Waals surface area (Å²) in [6, 6.07) is 0. The number of hydrogen-bond acceptors (Lipinski definition) is 3. The molecule has 0 aliphatic rings. The summed E-state index contributed by atoms with van der Waals surface area (Å²) >= 11 is 0. The van der Waals surface area contributed by atoms with Gasteiger partial charge in [-0.1, -0.05) is 26.0 Å². The van der Waals surface area contributed by atoms with Crippen molar-refractivity contribution in [2.45, 2.75) is 40.7 Å². The Bertz CT molecular complexity index is 351. The van der Waals surface area contributed by atoms with Gasteiger partial charge < -0.3 is 5.32 Å². The number of rotatable bonds is 4. The predicted molar refractivity (Wildman–Crippen MR) is 61.9 cm³/mol. The molecule has 0 aromatic carbocycles. The summed E-state index contributed by atoms with van der Waals surface area (Å²) in [5.41, 5.74) is 0.581. The van der Waals surface area contributed by atoms with Crippen molar-refractivity contribution in [3.8, 4) is 0 Å². The number of hydrogen-bond donors (Lipinski definition) is 1. The molecule has 1 rings (SSSR count). The summed E-state index contributed by atoms with van der Waals surface area (Å²) in [4.78, 5) is 11.6. The maximum Gasteiger partial charge on any atom is 0.225 e. The zero-order valence-corrected chi connectivity index (χ0v) is 10.4. The van der Waals surface area contributed by atoms with Crippen molar-refractivity contribution >= 4 is 5.91 Å². The van der Waals surface area contributed by atoms with Gasteiger partial charge in [0.25, 0.3) is 0 Å². The van der Waals surface area contributed by atoms with E-state index >= 15 is 0 Å². The van der Waals surface area contributed by atoms with Crippen LogP contribution in [0.15, 0.2) is 6.20 Å². The van der Waals surface area contributed by atoms with E-state index < -0.39 is 0 Å². The average molecular weight is 224 g/mol. The molecule has 90 valence electrons. The second-order valence-electron chi connectivity index (χ2n) is 4.82. The summed E-state index contributed by atoms with van der Waals surface area (Å²) in [6.45, 7) is 9.14. The van der Waals surface area contributed by atoms with Gasteiger partial charge in [0, 0.05) is 31.1 Å². The highest BCUT2D eigenvalue weighted by Gasteiger charge is 2.20. The van der Waals surface area contributed by atoms with E-state index in [9.17, 15) is 4.79 Å². The van der Waals surface area contributed by atoms with Crippen LogP contribution in [0.3, 0.4) is 0 Å². The molecule has 0 saturated carbocycles. The lowest BCUT2D eigenvalue weighted by atomic mass is 9.96. The van der Waals surface area contributed by atoms with Crippen LogP contribution in [0.2, 0.25) is 0 Å². The van der Waals surface area contributed by atoms with E-state index in [1.807, 2.05) is 33.9 Å². The Kier molecular flexibility index (Phi) is 4.04. The van der Waals surface area contributed by atoms with E-state index in [1.54, 1.807) is 4.68 Å². The van der Waals surface area contributed by atoms with Gasteiger partial charge in [0.1, 0.15) is 0 Å². The van der Waals surface area contributed by atoms with Crippen molar-refractivity contribution in [1.29, 1.82) is 0 Å². The number of nitrogens with zero attached hydrogens (tertiary/aromatic N) is 3. The molecule has 1 heterocycles. The SMILES string of the molecule is CCn1cc(CCNC(=O)C(C)(C)C)nn1. The molecule has 0 atom stereocenters. The molecular formula is C11H20N4O. The summed E-state index contributed by atoms with van der Waals surface area (Å²) in [5, 5.41) is 10.8. The fourth-order valence-corrected chi connectivity index (χ4v) is 1.18. The first-order valence-electron chi connectivity index (χ1n) is 5.61. The second-order valence-corrected chi connectivity index (χ2v) is 4.82. The Balaban J connectivity index is 2.33. The quantitative estimate of drug-likeness (QED) is 0.830. The number of carbonyl (C=O) groups is 1. The van der Waals surface area contributed by atoms with Gasteiger partial charge in [-0.25, -0.2) is 0 Å². The first kappa shape index (κ1) is 12.7. The van der Waals surface area contributed by atoms with E-state index in [0.29, 0.717) is 6.54 Å². The molecule has 0 radical (unpaired) electrons. The van der Waals surface area contributed by atoms with Crippen LogP contribution < -0.4 is 5.32 Å². The molecular weight excluding hydrogens is 204 g/mol. The van der Waals surface area contributed by atoms with Crippen LogP contribution in [0.4, 0.5) is 0 Å². The summed E-state index contributed by atoms with van der Waals surface area (Å²) in [5.74, 6) is 0.0652. The molecule has 1 N–H and O–H groups in total. The summed E-state index contributed by atoms with van der Waals surface area (Å²) in [7, 11) is 0. The van der Waals surface area contributed by atoms with Crippen LogP contribution in [0.25, 0.3) is 0 Å². The van der Waals surface area contributed by atoms with E-state index in [1.165, 1.54) is 0 Å². The van der Waals surface area contributed by atoms with Crippen molar-refractivity contribution in [3.63, 3.8) is 0 Å². The highest BCUT2D eigenvalue weighted by atomic mass is 16.2. The maximum absolute atomic E-state index is 11.6. The summed E-state index contributed by atoms with van der Waals surface area (Å²) in [6.07, 6.45) is 2.63. The Labute approximate surface area is 96.2 Å². The van der Waals surface area contributed by atoms with E-state index in [0.717, 1.165) is 18.7 Å². The first-order chi connectivity index (χ1) is 7.43. The van der Waals surface area contributed by atoms with Gasteiger partial charge in [-0.2, -0.15) is 0 Å². The molecule has 0 unspecified atom stereocenters. The third kappa shape index (κ3) is 3.64. The van der Waals surface area contributed by atoms with Gasteiger partial charge in [-0.05, 0) is 6.92 Å². The maximum atomic E-state index is 11.6. The Morgan fingerprint density at radius 1 is 1.50 bits per heavy atom. The van der Waals surface area contributed by atoms with Crippen LogP contribution in [-0.2, 0) is 17.8 Å². The third-order valence-corrected chi connectivity index (χ3v) is 2.26. The molecule has 0 aliphatic carbocycles. The molecule has 5 nitrogen and oxygen atoms in total. The summed E-state index contributed by atoms with van der Waals surface area (Å²) < 4.78 is 1.78. The van der Waals surface area contributed by atoms with E-state index in [-0.39, 0.29) is 11.3 Å². The van der Waals surface area contributed by atoms with Crippen molar-refractivity contribution in [2.24, 2.45) is 5.41 Å². The fraction of sp³-hybridized carbons (Fsp3) is 0.727. The lowest BCUT2D eigenvalue weighted by Gasteiger charge is -2.17. The molecule has 16 heavy (non-hydrogen) atoms. The number of amides is 1. The molecule has 0 saturated heterocycles. The monoisotopic (exact) mass is 224 g/mol. The molecule has 0 aliphatic heterocycles. The third-order valence-electron chi connectivity index (χ3n) is 2.26. The van der Waals surface area contributed by atoms with Gasteiger partial charge in [-0.15, -0.1) is 5.10 Å². The highest BCUT2D eigenvalue weighted by Crippen LogP contribution is 2.12. The van der Waals surface area contributed by atoms with Gasteiger partial charge in [0.05, 0.1) is 5.69 Å². The van der Waals surface area contributed by atoms with Crippen molar-refractivity contribution < 1.29 is 4.79 Å². The molecule has 0 bridgehead atoms. The van der Waals surface area contributed by atoms with Crippen LogP contribution in [-0.4, -0.2) is 27.4 Å². The molecule has 0 spiro atoms. The Morgan fingerprint density at radius 2 is 2.19 bits per heavy atom.